The Balaban J connectivity index is 2.20. The molecule has 4 N–H and O–H groups in total. The molecule has 152 valence electrons. The van der Waals surface area contributed by atoms with Crippen molar-refractivity contribution in [3.8, 4) is 0 Å². The molecule has 0 saturated carbocycles. The zero-order valence-corrected chi connectivity index (χ0v) is 15.3. The number of halogens is 4. The summed E-state index contributed by atoms with van der Waals surface area (Å²) in [5, 5.41) is 9.32. The molecule has 0 aliphatic heterocycles. The van der Waals surface area contributed by atoms with E-state index in [2.05, 4.69) is 4.98 Å². The summed E-state index contributed by atoms with van der Waals surface area (Å²) in [6.45, 7) is 0. The number of aliphatic carboxylic acids is 1. The third kappa shape index (κ3) is 5.77. The normalized spacial score (nSPS) is 15.0. The van der Waals surface area contributed by atoms with Crippen LogP contribution in [-0.2, 0) is 28.1 Å². The summed E-state index contributed by atoms with van der Waals surface area (Å²) in [6.07, 6.45) is -5.42. The number of carboxylic acid groups (broad SMARTS) is 1. The first-order chi connectivity index (χ1) is 12.9. The average Bonchev–Trinajstić information content (AvgIpc) is 2.56. The molecule has 1 aromatic heterocycles. The Morgan fingerprint density at radius 1 is 1.25 bits per heavy atom. The van der Waals surface area contributed by atoms with Gasteiger partial charge in [-0.15, -0.1) is 0 Å². The minimum Gasteiger partial charge on any atom is -0.481 e. The van der Waals surface area contributed by atoms with E-state index in [4.69, 9.17) is 5.73 Å². The second kappa shape index (κ2) is 8.28. The van der Waals surface area contributed by atoms with Crippen LogP contribution >= 0.6 is 7.37 Å². The van der Waals surface area contributed by atoms with Gasteiger partial charge in [0.25, 0.3) is 0 Å². The van der Waals surface area contributed by atoms with Gasteiger partial charge in [-0.25, -0.2) is 9.37 Å². The fourth-order valence-electron chi connectivity index (χ4n) is 2.67. The molecule has 0 aliphatic rings. The van der Waals surface area contributed by atoms with E-state index in [1.54, 1.807) is 0 Å². The van der Waals surface area contributed by atoms with Crippen molar-refractivity contribution in [3.05, 3.63) is 59.0 Å². The molecule has 2 aromatic rings. The highest BCUT2D eigenvalue weighted by Crippen LogP contribution is 2.48. The maximum Gasteiger partial charge on any atom is 0.419 e. The fourth-order valence-corrected chi connectivity index (χ4v) is 4.55. The summed E-state index contributed by atoms with van der Waals surface area (Å²) in [6, 6.07) is 5.36. The molecule has 0 spiro atoms. The van der Waals surface area contributed by atoms with Gasteiger partial charge in [-0.05, 0) is 29.7 Å². The van der Waals surface area contributed by atoms with Gasteiger partial charge in [0.2, 0.25) is 7.37 Å². The zero-order valence-electron chi connectivity index (χ0n) is 14.4. The van der Waals surface area contributed by atoms with Crippen LogP contribution in [0.5, 0.6) is 0 Å². The minimum atomic E-state index is -4.95. The van der Waals surface area contributed by atoms with Crippen molar-refractivity contribution in [3.63, 3.8) is 0 Å². The van der Waals surface area contributed by atoms with Crippen LogP contribution in [0.4, 0.5) is 23.4 Å². The van der Waals surface area contributed by atoms with Crippen LogP contribution in [0.1, 0.15) is 16.7 Å². The van der Waals surface area contributed by atoms with Crippen molar-refractivity contribution in [1.29, 1.82) is 0 Å². The van der Waals surface area contributed by atoms with E-state index in [0.717, 1.165) is 12.1 Å². The fraction of sp³-hybridized carbons (Fsp3) is 0.294. The van der Waals surface area contributed by atoms with E-state index in [1.807, 2.05) is 0 Å². The summed E-state index contributed by atoms with van der Waals surface area (Å²) in [7, 11) is -4.30. The molecule has 1 aromatic carbocycles. The van der Waals surface area contributed by atoms with Gasteiger partial charge in [0.15, 0.2) is 0 Å². The number of aromatic nitrogens is 1. The number of carbonyl (C=O) groups is 1. The molecule has 2 rings (SSSR count). The molecule has 0 amide bonds. The Morgan fingerprint density at radius 2 is 1.93 bits per heavy atom. The van der Waals surface area contributed by atoms with Crippen molar-refractivity contribution in [2.75, 3.05) is 11.9 Å². The van der Waals surface area contributed by atoms with Gasteiger partial charge in [0.1, 0.15) is 11.6 Å². The minimum absolute atomic E-state index is 0.141. The van der Waals surface area contributed by atoms with Gasteiger partial charge in [0, 0.05) is 12.4 Å². The van der Waals surface area contributed by atoms with Crippen molar-refractivity contribution in [1.82, 2.24) is 4.98 Å². The number of hydrogen-bond donors (Lipinski definition) is 3. The highest BCUT2D eigenvalue weighted by molar-refractivity contribution is 7.57. The van der Waals surface area contributed by atoms with E-state index in [1.165, 1.54) is 18.3 Å². The van der Waals surface area contributed by atoms with Gasteiger partial charge in [-0.2, -0.15) is 13.2 Å². The Hall–Kier alpha value is -2.45. The van der Waals surface area contributed by atoms with Crippen molar-refractivity contribution < 1.29 is 36.9 Å². The lowest BCUT2D eigenvalue weighted by Crippen LogP contribution is -2.21. The first kappa shape index (κ1) is 21.8. The number of alkyl halides is 3. The van der Waals surface area contributed by atoms with Gasteiger partial charge in [0.05, 0.1) is 17.6 Å². The second-order valence-electron chi connectivity index (χ2n) is 6.29. The van der Waals surface area contributed by atoms with Crippen LogP contribution < -0.4 is 5.73 Å². The molecule has 2 atom stereocenters. The molecule has 6 nitrogen and oxygen atoms in total. The van der Waals surface area contributed by atoms with Crippen LogP contribution in [0.25, 0.3) is 0 Å². The number of pyridine rings is 1. The number of carboxylic acids is 1. The predicted octanol–water partition coefficient (Wildman–Crippen LogP) is 3.54. The molecule has 0 saturated heterocycles. The quantitative estimate of drug-likeness (QED) is 0.467. The van der Waals surface area contributed by atoms with Crippen LogP contribution in [0.15, 0.2) is 36.5 Å². The van der Waals surface area contributed by atoms with Gasteiger partial charge in [-0.1, -0.05) is 18.2 Å². The molecule has 0 aliphatic carbocycles. The number of anilines is 1. The van der Waals surface area contributed by atoms with Crippen molar-refractivity contribution >= 4 is 19.2 Å². The molecule has 0 fully saturated rings. The van der Waals surface area contributed by atoms with Gasteiger partial charge in [-0.3, -0.25) is 9.36 Å². The van der Waals surface area contributed by atoms with E-state index >= 15 is 0 Å². The summed E-state index contributed by atoms with van der Waals surface area (Å²) >= 11 is 0. The third-order valence-corrected chi connectivity index (χ3v) is 5.83. The third-order valence-electron chi connectivity index (χ3n) is 3.99. The molecule has 2 unspecified atom stereocenters. The first-order valence-corrected chi connectivity index (χ1v) is 10.0. The van der Waals surface area contributed by atoms with Gasteiger partial charge < -0.3 is 15.7 Å². The van der Waals surface area contributed by atoms with Crippen LogP contribution in [0.2, 0.25) is 0 Å². The monoisotopic (exact) mass is 420 g/mol. The predicted molar refractivity (Wildman–Crippen MR) is 93.3 cm³/mol. The molecule has 0 bridgehead atoms. The van der Waals surface area contributed by atoms with E-state index < -0.39 is 54.7 Å². The number of rotatable bonds is 7. The Morgan fingerprint density at radius 3 is 2.46 bits per heavy atom. The van der Waals surface area contributed by atoms with E-state index in [9.17, 15) is 36.9 Å². The molecule has 11 heteroatoms. The molecule has 0 radical (unpaired) electrons. The maximum atomic E-state index is 14.1. The first-order valence-electron chi connectivity index (χ1n) is 7.97. The second-order valence-corrected chi connectivity index (χ2v) is 8.67. The van der Waals surface area contributed by atoms with E-state index in [-0.39, 0.29) is 12.2 Å². The number of benzene rings is 1. The summed E-state index contributed by atoms with van der Waals surface area (Å²) < 4.78 is 64.9. The zero-order chi connectivity index (χ0) is 21.1. The van der Waals surface area contributed by atoms with Crippen LogP contribution in [0.3, 0.4) is 0 Å². The summed E-state index contributed by atoms with van der Waals surface area (Å²) in [5.41, 5.74) is 3.74. The van der Waals surface area contributed by atoms with Gasteiger partial charge >= 0.3 is 12.1 Å². The smallest absolute Gasteiger partial charge is 0.419 e. The molecule has 1 heterocycles. The topological polar surface area (TPSA) is 114 Å². The number of hydrogen-bond acceptors (Lipinski definition) is 4. The van der Waals surface area contributed by atoms with Crippen molar-refractivity contribution in [2.45, 2.75) is 18.8 Å². The highest BCUT2D eigenvalue weighted by Gasteiger charge is 2.36. The van der Waals surface area contributed by atoms with Crippen molar-refractivity contribution in [2.24, 2.45) is 5.92 Å². The molecule has 28 heavy (non-hydrogen) atoms. The van der Waals surface area contributed by atoms with Crippen LogP contribution in [0, 0.1) is 11.7 Å². The summed E-state index contributed by atoms with van der Waals surface area (Å²) in [4.78, 5) is 25.4. The number of nitrogens with zero attached hydrogens (tertiary/aromatic N) is 1. The highest BCUT2D eigenvalue weighted by atomic mass is 31.2. The Kier molecular flexibility index (Phi) is 6.46. The largest absolute Gasteiger partial charge is 0.481 e. The molecular weight excluding hydrogens is 403 g/mol. The molecular formula is C17H17F4N2O4P. The standard InChI is InChI=1S/C17H17F4N2O4P/c18-15-11(2-1-3-13(15)17(19,20)21)8-28(26,27)9-12(16(24)25)6-10-4-5-14(22)23-7-10/h1-5,7,12H,6,8-9H2,(H2,22,23)(H,24,25)(H,26,27). The average molecular weight is 420 g/mol. The maximum absolute atomic E-state index is 14.1. The van der Waals surface area contributed by atoms with E-state index in [0.29, 0.717) is 11.6 Å². The Bertz CT molecular complexity index is 903. The number of nitrogen functional groups attached to an aromatic ring is 1. The van der Waals surface area contributed by atoms with Crippen LogP contribution in [-0.4, -0.2) is 27.1 Å². The lowest BCUT2D eigenvalue weighted by atomic mass is 10.0. The summed E-state index contributed by atoms with van der Waals surface area (Å²) in [5.74, 6) is -4.10. The lowest BCUT2D eigenvalue weighted by molar-refractivity contribution is -0.141. The lowest BCUT2D eigenvalue weighted by Gasteiger charge is -2.18. The Labute approximate surface area is 157 Å². The SMILES string of the molecule is Nc1ccc(CC(CP(=O)(O)Cc2cccc(C(F)(F)F)c2F)C(=O)O)cn1. The number of nitrogens with two attached hydrogens (primary N) is 1.